The summed E-state index contributed by atoms with van der Waals surface area (Å²) in [7, 11) is 3.98. The molecule has 5 aromatic rings. The van der Waals surface area contributed by atoms with Gasteiger partial charge in [0, 0.05) is 50.6 Å². The number of hydrogen-bond acceptors (Lipinski definition) is 7. The summed E-state index contributed by atoms with van der Waals surface area (Å²) in [5.74, 6) is -0.235. The lowest BCUT2D eigenvalue weighted by Crippen LogP contribution is -2.44. The Hall–Kier alpha value is -5.27. The van der Waals surface area contributed by atoms with E-state index in [1.54, 1.807) is 21.6 Å². The Labute approximate surface area is 237 Å². The van der Waals surface area contributed by atoms with Crippen LogP contribution in [0.25, 0.3) is 39.2 Å². The quantitative estimate of drug-likeness (QED) is 0.320. The highest BCUT2D eigenvalue weighted by Gasteiger charge is 2.20. The molecule has 0 unspecified atom stereocenters. The third-order valence-corrected chi connectivity index (χ3v) is 7.39. The Bertz CT molecular complexity index is 1800. The zero-order valence-corrected chi connectivity index (χ0v) is 22.9. The van der Waals surface area contributed by atoms with Crippen molar-refractivity contribution in [2.45, 2.75) is 0 Å². The molecule has 3 aromatic heterocycles. The van der Waals surface area contributed by atoms with Crippen LogP contribution in [0.15, 0.2) is 79.9 Å². The fraction of sp³-hybridized carbons (Fsp3) is 0.194. The van der Waals surface area contributed by atoms with Crippen LogP contribution in [-0.4, -0.2) is 68.4 Å². The number of carbonyl (C=O) groups is 1. The fourth-order valence-corrected chi connectivity index (χ4v) is 5.12. The highest BCUT2D eigenvalue weighted by Crippen LogP contribution is 2.35. The van der Waals surface area contributed by atoms with Crippen LogP contribution >= 0.6 is 0 Å². The molecule has 204 valence electrons. The Morgan fingerprint density at radius 1 is 0.951 bits per heavy atom. The lowest BCUT2D eigenvalue weighted by atomic mass is 10.00. The second-order valence-electron chi connectivity index (χ2n) is 10.1. The van der Waals surface area contributed by atoms with Gasteiger partial charge in [-0.25, -0.2) is 9.50 Å². The number of nitriles is 1. The van der Waals surface area contributed by atoms with Gasteiger partial charge in [0.1, 0.15) is 17.1 Å². The average molecular weight is 544 g/mol. The monoisotopic (exact) mass is 543 g/mol. The highest BCUT2D eigenvalue weighted by molar-refractivity contribution is 6.01. The Morgan fingerprint density at radius 2 is 1.68 bits per heavy atom. The van der Waals surface area contributed by atoms with Gasteiger partial charge in [0.25, 0.3) is 0 Å². The number of likely N-dealkylation sites (N-methyl/N-ethyl adjacent to an activating group) is 1. The number of piperazine rings is 1. The van der Waals surface area contributed by atoms with Crippen LogP contribution in [0.1, 0.15) is 5.56 Å². The van der Waals surface area contributed by atoms with Gasteiger partial charge in [0.05, 0.1) is 41.4 Å². The van der Waals surface area contributed by atoms with Gasteiger partial charge >= 0.3 is 0 Å². The minimum Gasteiger partial charge on any atom is -0.367 e. The van der Waals surface area contributed by atoms with Gasteiger partial charge in [-0.15, -0.1) is 0 Å². The van der Waals surface area contributed by atoms with Crippen LogP contribution in [0, 0.1) is 11.3 Å². The van der Waals surface area contributed by atoms with Crippen LogP contribution in [0.5, 0.6) is 0 Å². The number of amides is 1. The van der Waals surface area contributed by atoms with Gasteiger partial charge in [-0.1, -0.05) is 36.9 Å². The summed E-state index contributed by atoms with van der Waals surface area (Å²) in [6.45, 7) is 7.24. The maximum atomic E-state index is 12.1. The molecule has 0 saturated carbocycles. The van der Waals surface area contributed by atoms with E-state index in [0.717, 1.165) is 59.8 Å². The van der Waals surface area contributed by atoms with Gasteiger partial charge in [-0.2, -0.15) is 15.5 Å². The molecule has 0 radical (unpaired) electrons. The lowest BCUT2D eigenvalue weighted by Gasteiger charge is -2.35. The van der Waals surface area contributed by atoms with E-state index < -0.39 is 0 Å². The summed E-state index contributed by atoms with van der Waals surface area (Å²) in [6.07, 6.45) is 8.32. The number of carbonyl (C=O) groups excluding carboxylic acids is 1. The summed E-state index contributed by atoms with van der Waals surface area (Å²) in [6, 6.07) is 16.5. The second kappa shape index (κ2) is 10.7. The normalized spacial score (nSPS) is 13.7. The molecule has 41 heavy (non-hydrogen) atoms. The first-order valence-electron chi connectivity index (χ1n) is 13.3. The number of aromatic nitrogens is 5. The fourth-order valence-electron chi connectivity index (χ4n) is 5.12. The largest absolute Gasteiger partial charge is 0.367 e. The molecule has 1 saturated heterocycles. The van der Waals surface area contributed by atoms with Crippen LogP contribution in [0.3, 0.4) is 0 Å². The molecule has 0 spiro atoms. The molecule has 1 N–H and O–H groups in total. The summed E-state index contributed by atoms with van der Waals surface area (Å²) in [4.78, 5) is 21.7. The molecule has 4 heterocycles. The molecule has 10 heteroatoms. The van der Waals surface area contributed by atoms with Gasteiger partial charge < -0.3 is 15.1 Å². The molecule has 0 aliphatic carbocycles. The van der Waals surface area contributed by atoms with E-state index in [4.69, 9.17) is 4.98 Å². The summed E-state index contributed by atoms with van der Waals surface area (Å²) in [5, 5.41) is 21.4. The highest BCUT2D eigenvalue weighted by atomic mass is 16.1. The predicted octanol–water partition coefficient (Wildman–Crippen LogP) is 4.21. The molecular weight excluding hydrogens is 514 g/mol. The van der Waals surface area contributed by atoms with Crippen LogP contribution in [-0.2, 0) is 11.8 Å². The van der Waals surface area contributed by atoms with Crippen LogP contribution in [0.4, 0.5) is 11.4 Å². The van der Waals surface area contributed by atoms with Gasteiger partial charge in [0.2, 0.25) is 5.91 Å². The van der Waals surface area contributed by atoms with E-state index in [2.05, 4.69) is 63.2 Å². The molecule has 0 bridgehead atoms. The number of nitrogens with zero attached hydrogens (tertiary/aromatic N) is 8. The molecule has 6 rings (SSSR count). The van der Waals surface area contributed by atoms with E-state index in [-0.39, 0.29) is 5.91 Å². The van der Waals surface area contributed by atoms with Crippen molar-refractivity contribution in [2.24, 2.45) is 7.05 Å². The summed E-state index contributed by atoms with van der Waals surface area (Å²) < 4.78 is 3.43. The van der Waals surface area contributed by atoms with Crippen molar-refractivity contribution in [1.29, 1.82) is 5.26 Å². The first-order valence-corrected chi connectivity index (χ1v) is 13.3. The van der Waals surface area contributed by atoms with Crippen molar-refractivity contribution < 1.29 is 4.79 Å². The van der Waals surface area contributed by atoms with Crippen molar-refractivity contribution in [2.75, 3.05) is 43.4 Å². The first-order chi connectivity index (χ1) is 19.9. The third-order valence-electron chi connectivity index (χ3n) is 7.39. The SMILES string of the molecule is C=CC(=O)Nc1ccc(-c2ccc(-c3nc(-c4cnn(C)c4)cn4ncc(C#N)c34)cc2)cc1N1CCN(C)CC1. The Balaban J connectivity index is 1.39. The molecule has 1 amide bonds. The zero-order valence-electron chi connectivity index (χ0n) is 22.9. The Morgan fingerprint density at radius 3 is 2.37 bits per heavy atom. The Kier molecular flexibility index (Phi) is 6.79. The molecule has 10 nitrogen and oxygen atoms in total. The number of fused-ring (bicyclic) bond motifs is 1. The smallest absolute Gasteiger partial charge is 0.247 e. The van der Waals surface area contributed by atoms with E-state index >= 15 is 0 Å². The van der Waals surface area contributed by atoms with Gasteiger partial charge in [-0.05, 0) is 36.4 Å². The second-order valence-corrected chi connectivity index (χ2v) is 10.1. The molecular formula is C31H29N9O. The number of aryl methyl sites for hydroxylation is 1. The lowest BCUT2D eigenvalue weighted by molar-refractivity contribution is -0.111. The molecule has 1 aliphatic heterocycles. The number of nitrogens with one attached hydrogen (secondary N) is 1. The minimum absolute atomic E-state index is 0.235. The molecule has 2 aromatic carbocycles. The van der Waals surface area contributed by atoms with E-state index in [1.165, 1.54) is 6.08 Å². The van der Waals surface area contributed by atoms with Gasteiger partial charge in [0.15, 0.2) is 0 Å². The van der Waals surface area contributed by atoms with Crippen molar-refractivity contribution in [3.05, 3.63) is 85.5 Å². The topological polar surface area (TPSA) is 107 Å². The number of hydrogen-bond donors (Lipinski definition) is 1. The van der Waals surface area contributed by atoms with E-state index in [9.17, 15) is 10.1 Å². The van der Waals surface area contributed by atoms with Crippen LogP contribution < -0.4 is 10.2 Å². The molecule has 1 aliphatic rings. The third kappa shape index (κ3) is 5.06. The van der Waals surface area contributed by atoms with Gasteiger partial charge in [-0.3, -0.25) is 9.48 Å². The number of anilines is 2. The minimum atomic E-state index is -0.235. The predicted molar refractivity (Wildman–Crippen MR) is 159 cm³/mol. The van der Waals surface area contributed by atoms with E-state index in [1.807, 2.05) is 43.7 Å². The zero-order chi connectivity index (χ0) is 28.5. The summed E-state index contributed by atoms with van der Waals surface area (Å²) >= 11 is 0. The van der Waals surface area contributed by atoms with Crippen molar-refractivity contribution in [3.63, 3.8) is 0 Å². The number of rotatable bonds is 6. The first kappa shape index (κ1) is 26.0. The molecule has 0 atom stereocenters. The maximum absolute atomic E-state index is 12.1. The van der Waals surface area contributed by atoms with Crippen molar-refractivity contribution in [3.8, 4) is 39.7 Å². The average Bonchev–Trinajstić information content (AvgIpc) is 3.63. The van der Waals surface area contributed by atoms with Crippen LogP contribution in [0.2, 0.25) is 0 Å². The maximum Gasteiger partial charge on any atom is 0.247 e. The standard InChI is InChI=1S/C31H29N9O/c1-4-29(41)35-26-10-9-23(15-28(26)39-13-11-37(2)12-14-39)21-5-7-22(8-6-21)30-31-24(16-32)17-34-40(31)20-27(36-30)25-18-33-38(3)19-25/h4-10,15,17-20H,1,11-14H2,2-3H3,(H,35,41). The van der Waals surface area contributed by atoms with E-state index in [0.29, 0.717) is 22.5 Å². The molecule has 1 fully saturated rings. The van der Waals surface area contributed by atoms with Crippen molar-refractivity contribution >= 4 is 22.8 Å². The number of benzene rings is 2. The van der Waals surface area contributed by atoms with Crippen molar-refractivity contribution in [1.82, 2.24) is 29.3 Å². The summed E-state index contributed by atoms with van der Waals surface area (Å²) in [5.41, 5.74) is 8.06.